The second-order valence-electron chi connectivity index (χ2n) is 21.8. The minimum Gasteiger partial charge on any atom is -0.478 e. The van der Waals surface area contributed by atoms with Gasteiger partial charge in [-0.2, -0.15) is 0 Å². The number of nitrogens with zero attached hydrogens (tertiary/aromatic N) is 2. The van der Waals surface area contributed by atoms with E-state index in [1.807, 2.05) is 180 Å². The summed E-state index contributed by atoms with van der Waals surface area (Å²) in [6.45, 7) is 19.4. The largest absolute Gasteiger partial charge is 0.478 e. The lowest BCUT2D eigenvalue weighted by Gasteiger charge is -2.20. The number of carboxylic acids is 1. The number of hydrogen-bond donors (Lipinski definition) is 3. The number of aromatic carboxylic acids is 1. The quantitative estimate of drug-likeness (QED) is 0.0930. The first-order valence-corrected chi connectivity index (χ1v) is 28.9. The maximum absolute atomic E-state index is 13.2. The minimum atomic E-state index is -0.935. The molecular formula is C70H66Br2N4O6. The topological polar surface area (TPSA) is 132 Å². The molecule has 12 heteroatoms. The monoisotopic (exact) mass is 1220 g/mol. The van der Waals surface area contributed by atoms with Crippen molar-refractivity contribution in [3.63, 3.8) is 0 Å². The van der Waals surface area contributed by atoms with Crippen molar-refractivity contribution in [2.75, 3.05) is 0 Å². The molecular weight excluding hydrogens is 1150 g/mol. The number of aromatic nitrogens is 2. The predicted molar refractivity (Wildman–Crippen MR) is 337 cm³/mol. The van der Waals surface area contributed by atoms with Crippen molar-refractivity contribution in [2.24, 2.45) is 0 Å². The molecule has 0 radical (unpaired) electrons. The number of carbonyl (C=O) groups is 4. The van der Waals surface area contributed by atoms with Crippen LogP contribution in [0.4, 0.5) is 0 Å². The Kier molecular flexibility index (Phi) is 17.7. The highest BCUT2D eigenvalue weighted by Gasteiger charge is 2.22. The predicted octanol–water partition coefficient (Wildman–Crippen LogP) is 17.1. The highest BCUT2D eigenvalue weighted by molar-refractivity contribution is 9.10. The van der Waals surface area contributed by atoms with Crippen LogP contribution in [0.2, 0.25) is 0 Å². The number of carbonyl (C=O) groups excluding carboxylic acids is 3. The summed E-state index contributed by atoms with van der Waals surface area (Å²) in [5.74, 6) is -1.46. The molecule has 0 bridgehead atoms. The van der Waals surface area contributed by atoms with Crippen LogP contribution in [0.5, 0.6) is 0 Å². The van der Waals surface area contributed by atoms with Gasteiger partial charge in [-0.1, -0.05) is 141 Å². The van der Waals surface area contributed by atoms with Gasteiger partial charge in [-0.05, 0) is 191 Å². The van der Waals surface area contributed by atoms with Gasteiger partial charge in [0.25, 0.3) is 11.8 Å². The van der Waals surface area contributed by atoms with Crippen LogP contribution in [0.25, 0.3) is 44.1 Å². The van der Waals surface area contributed by atoms with Crippen LogP contribution >= 0.6 is 31.9 Å². The van der Waals surface area contributed by atoms with Crippen LogP contribution in [0.3, 0.4) is 0 Å². The summed E-state index contributed by atoms with van der Waals surface area (Å²) in [5, 5.41) is 17.9. The molecule has 0 aliphatic heterocycles. The van der Waals surface area contributed by atoms with Crippen LogP contribution in [-0.4, -0.2) is 43.6 Å². The SMILES string of the molecule is Cc1c(C)n(Cc2ccc(-c3ccccc3C(=O)O)cc2)c2ccc(C(=O)N[C@H](C)c3ccc(Br)cc3)cc12.Cc1c(C)n(Cc2ccc(-c3ccccc3C(=O)OC(C)(C)C)cc2)c2ccc(C(=O)N[C@H](C)c3ccc(Br)cc3)cc12. The number of halogens is 2. The van der Waals surface area contributed by atoms with E-state index in [0.29, 0.717) is 40.9 Å². The number of hydrogen-bond acceptors (Lipinski definition) is 5. The van der Waals surface area contributed by atoms with E-state index in [2.05, 4.69) is 104 Å². The Morgan fingerprint density at radius 2 is 0.890 bits per heavy atom. The van der Waals surface area contributed by atoms with E-state index in [1.165, 1.54) is 0 Å². The van der Waals surface area contributed by atoms with Crippen molar-refractivity contribution >= 4 is 77.4 Å². The molecule has 0 aliphatic rings. The molecule has 2 atom stereocenters. The third kappa shape index (κ3) is 13.2. The first-order valence-electron chi connectivity index (χ1n) is 27.3. The third-order valence-electron chi connectivity index (χ3n) is 15.2. The molecule has 2 heterocycles. The zero-order valence-electron chi connectivity index (χ0n) is 47.5. The Morgan fingerprint density at radius 1 is 0.512 bits per heavy atom. The zero-order valence-corrected chi connectivity index (χ0v) is 50.7. The smallest absolute Gasteiger partial charge is 0.339 e. The normalized spacial score (nSPS) is 12.1. The molecule has 2 aromatic heterocycles. The van der Waals surface area contributed by atoms with Gasteiger partial charge in [-0.15, -0.1) is 0 Å². The number of benzene rings is 8. The lowest BCUT2D eigenvalue weighted by atomic mass is 9.98. The van der Waals surface area contributed by atoms with E-state index in [4.69, 9.17) is 4.74 Å². The second-order valence-corrected chi connectivity index (χ2v) is 23.7. The van der Waals surface area contributed by atoms with Gasteiger partial charge in [0.15, 0.2) is 0 Å². The van der Waals surface area contributed by atoms with Crippen molar-refractivity contribution < 1.29 is 29.0 Å². The molecule has 0 spiro atoms. The molecule has 82 heavy (non-hydrogen) atoms. The number of amides is 2. The number of aryl methyl sites for hydroxylation is 2. The Balaban J connectivity index is 0.000000198. The third-order valence-corrected chi connectivity index (χ3v) is 16.2. The van der Waals surface area contributed by atoms with E-state index in [9.17, 15) is 24.3 Å². The lowest BCUT2D eigenvalue weighted by molar-refractivity contribution is 0.00699. The highest BCUT2D eigenvalue weighted by atomic mass is 79.9. The number of fused-ring (bicyclic) bond motifs is 2. The number of ether oxygens (including phenoxy) is 1. The average Bonchev–Trinajstić information content (AvgIpc) is 3.85. The number of nitrogens with one attached hydrogen (secondary N) is 2. The Hall–Kier alpha value is -8.32. The summed E-state index contributed by atoms with van der Waals surface area (Å²) in [4.78, 5) is 50.7. The van der Waals surface area contributed by atoms with Gasteiger partial charge in [-0.3, -0.25) is 9.59 Å². The molecule has 3 N–H and O–H groups in total. The van der Waals surface area contributed by atoms with Gasteiger partial charge in [-0.25, -0.2) is 9.59 Å². The Morgan fingerprint density at radius 3 is 1.28 bits per heavy atom. The van der Waals surface area contributed by atoms with Gasteiger partial charge in [0.1, 0.15) is 5.60 Å². The molecule has 416 valence electrons. The average molecular weight is 1220 g/mol. The van der Waals surface area contributed by atoms with Gasteiger partial charge >= 0.3 is 11.9 Å². The van der Waals surface area contributed by atoms with Crippen LogP contribution in [-0.2, 0) is 17.8 Å². The summed E-state index contributed by atoms with van der Waals surface area (Å²) in [5.41, 5.74) is 16.1. The molecule has 0 fully saturated rings. The second kappa shape index (κ2) is 24.8. The highest BCUT2D eigenvalue weighted by Crippen LogP contribution is 2.32. The molecule has 2 amide bonds. The lowest BCUT2D eigenvalue weighted by Crippen LogP contribution is -2.26. The zero-order chi connectivity index (χ0) is 58.6. The summed E-state index contributed by atoms with van der Waals surface area (Å²) in [6.07, 6.45) is 0. The van der Waals surface area contributed by atoms with Crippen LogP contribution < -0.4 is 10.6 Å². The molecule has 0 saturated carbocycles. The molecule has 10 nitrogen and oxygen atoms in total. The Labute approximate surface area is 496 Å². The molecule has 0 aliphatic carbocycles. The maximum atomic E-state index is 13.2. The molecule has 10 aromatic rings. The first kappa shape index (κ1) is 58.3. The number of rotatable bonds is 14. The van der Waals surface area contributed by atoms with E-state index < -0.39 is 11.6 Å². The van der Waals surface area contributed by atoms with E-state index >= 15 is 0 Å². The van der Waals surface area contributed by atoms with Crippen LogP contribution in [0.15, 0.2) is 191 Å². The summed E-state index contributed by atoms with van der Waals surface area (Å²) in [7, 11) is 0. The van der Waals surface area contributed by atoms with Crippen LogP contribution in [0, 0.1) is 27.7 Å². The van der Waals surface area contributed by atoms with Gasteiger partial charge in [0, 0.05) is 66.4 Å². The Bertz CT molecular complexity index is 4000. The molecule has 0 unspecified atom stereocenters. The molecule has 8 aromatic carbocycles. The van der Waals surface area contributed by atoms with Crippen molar-refractivity contribution in [3.8, 4) is 22.3 Å². The number of carboxylic acid groups (broad SMARTS) is 1. The van der Waals surface area contributed by atoms with E-state index in [1.54, 1.807) is 12.1 Å². The van der Waals surface area contributed by atoms with Gasteiger partial charge < -0.3 is 29.6 Å². The fourth-order valence-corrected chi connectivity index (χ4v) is 10.9. The van der Waals surface area contributed by atoms with Crippen molar-refractivity contribution in [1.29, 1.82) is 0 Å². The van der Waals surface area contributed by atoms with Crippen molar-refractivity contribution in [1.82, 2.24) is 19.8 Å². The first-order chi connectivity index (χ1) is 39.1. The maximum Gasteiger partial charge on any atom is 0.339 e. The van der Waals surface area contributed by atoms with Gasteiger partial charge in [0.2, 0.25) is 0 Å². The fourth-order valence-electron chi connectivity index (χ4n) is 10.3. The summed E-state index contributed by atoms with van der Waals surface area (Å²) < 4.78 is 12.2. The standard InChI is InChI=1S/C37H37BrN2O3.C33H29BrN2O3/c1-23-25(3)40(34-20-17-29(21-33(23)34)35(41)39-24(2)27-15-18-30(38)19-16-27)22-26-11-13-28(14-12-26)31-9-7-8-10-32(31)36(42)43-37(4,5)6;1-20-22(3)36(19-23-8-10-25(11-9-23)28-6-4-5-7-29(28)33(38)39)31-17-14-26(18-30(20)31)32(37)35-21(2)24-12-15-27(34)16-13-24/h7-21,24H,22H2,1-6H3,(H,39,41);4-18,21H,19H2,1-3H3,(H,35,37)(H,38,39)/t24-;21-/m11/s1. The van der Waals surface area contributed by atoms with Crippen LogP contribution in [0.1, 0.15) is 133 Å². The van der Waals surface area contributed by atoms with Crippen molar-refractivity contribution in [3.05, 3.63) is 258 Å². The number of esters is 1. The van der Waals surface area contributed by atoms with E-state index in [-0.39, 0.29) is 29.9 Å². The van der Waals surface area contributed by atoms with Gasteiger partial charge in [0.05, 0.1) is 23.2 Å². The van der Waals surface area contributed by atoms with Crippen molar-refractivity contribution in [2.45, 2.75) is 93.1 Å². The fraction of sp³-hybridized carbons (Fsp3) is 0.200. The molecule has 10 rings (SSSR count). The van der Waals surface area contributed by atoms with E-state index in [0.717, 1.165) is 92.2 Å². The minimum absolute atomic E-state index is 0.0932. The summed E-state index contributed by atoms with van der Waals surface area (Å²) >= 11 is 6.92. The summed E-state index contributed by atoms with van der Waals surface area (Å²) in [6, 6.07) is 58.5. The molecule has 0 saturated heterocycles.